The highest BCUT2D eigenvalue weighted by atomic mass is 32.2. The second-order valence-electron chi connectivity index (χ2n) is 10.7. The molecule has 0 saturated heterocycles. The summed E-state index contributed by atoms with van der Waals surface area (Å²) < 4.78 is 82.7. The topological polar surface area (TPSA) is 32.3 Å². The van der Waals surface area contributed by atoms with Crippen molar-refractivity contribution in [2.75, 3.05) is 18.1 Å². The van der Waals surface area contributed by atoms with Gasteiger partial charge in [0.25, 0.3) is 0 Å². The van der Waals surface area contributed by atoms with Gasteiger partial charge in [0.2, 0.25) is 0 Å². The van der Waals surface area contributed by atoms with Gasteiger partial charge in [-0.05, 0) is 90.8 Å². The number of rotatable bonds is 14. The molecule has 0 aromatic heterocycles. The first kappa shape index (κ1) is 32.1. The van der Waals surface area contributed by atoms with E-state index in [1.807, 2.05) is 48.5 Å². The number of hydrogen-bond donors (Lipinski definition) is 0. The van der Waals surface area contributed by atoms with Gasteiger partial charge in [0, 0.05) is 6.42 Å². The van der Waals surface area contributed by atoms with Gasteiger partial charge in [0.15, 0.2) is 0 Å². The van der Waals surface area contributed by atoms with Gasteiger partial charge in [-0.1, -0.05) is 84.0 Å². The number of benzene rings is 3. The van der Waals surface area contributed by atoms with E-state index in [1.54, 1.807) is 0 Å². The van der Waals surface area contributed by atoms with Crippen molar-refractivity contribution in [2.24, 2.45) is 5.92 Å². The Morgan fingerprint density at radius 2 is 1.43 bits per heavy atom. The van der Waals surface area contributed by atoms with Gasteiger partial charge >= 0.3 is 12.1 Å². The van der Waals surface area contributed by atoms with Crippen LogP contribution >= 0.6 is 0 Å². The molecule has 0 saturated carbocycles. The number of allylic oxidation sites excluding steroid dienone is 2. The third kappa shape index (κ3) is 8.83. The third-order valence-electron chi connectivity index (χ3n) is 7.71. The summed E-state index contributed by atoms with van der Waals surface area (Å²) in [7, 11) is 0. The van der Waals surface area contributed by atoms with Crippen molar-refractivity contribution in [3.05, 3.63) is 102 Å². The minimum absolute atomic E-state index is 0.0730. The number of aryl methyl sites for hydroxylation is 1. The van der Waals surface area contributed by atoms with Crippen LogP contribution in [0.3, 0.4) is 0 Å². The van der Waals surface area contributed by atoms with Gasteiger partial charge in [-0.3, -0.25) is 0 Å². The molecule has 8 heteroatoms. The smallest absolute Gasteiger partial charge is 0.453 e. The molecule has 2 nitrogen and oxygen atoms in total. The SMILES string of the molecule is [O-][S+](CCCC(CCOc1ccccc1)C(=C1CCCc2ccccc21)c1ccccc1)CCCC(F)(F)C(F)(F)F. The Hall–Kier alpha value is -2.84. The molecular weight excluding hydrogens is 567 g/mol. The molecule has 226 valence electrons. The Morgan fingerprint density at radius 1 is 0.786 bits per heavy atom. The lowest BCUT2D eigenvalue weighted by Crippen LogP contribution is -2.36. The van der Waals surface area contributed by atoms with Crippen LogP contribution in [0.1, 0.15) is 61.6 Å². The normalized spacial score (nSPS) is 16.4. The van der Waals surface area contributed by atoms with Crippen LogP contribution in [0, 0.1) is 5.92 Å². The second kappa shape index (κ2) is 15.1. The molecule has 0 radical (unpaired) electrons. The van der Waals surface area contributed by atoms with Gasteiger partial charge < -0.3 is 9.29 Å². The van der Waals surface area contributed by atoms with E-state index < -0.39 is 36.1 Å². The number of alkyl halides is 5. The Balaban J connectivity index is 1.52. The molecule has 0 N–H and O–H groups in total. The third-order valence-corrected chi connectivity index (χ3v) is 9.20. The van der Waals surface area contributed by atoms with Crippen LogP contribution in [-0.2, 0) is 17.6 Å². The largest absolute Gasteiger partial charge is 0.616 e. The maximum Gasteiger partial charge on any atom is 0.453 e. The monoisotopic (exact) mass is 604 g/mol. The van der Waals surface area contributed by atoms with Crippen molar-refractivity contribution < 1.29 is 31.2 Å². The van der Waals surface area contributed by atoms with Gasteiger partial charge in [0.1, 0.15) is 17.3 Å². The van der Waals surface area contributed by atoms with E-state index in [0.29, 0.717) is 19.4 Å². The fraction of sp³-hybridized carbons (Fsp3) is 0.412. The Bertz CT molecular complexity index is 1280. The number of ether oxygens (including phenoxy) is 1. The van der Waals surface area contributed by atoms with E-state index in [4.69, 9.17) is 4.74 Å². The molecule has 0 bridgehead atoms. The fourth-order valence-electron chi connectivity index (χ4n) is 5.64. The summed E-state index contributed by atoms with van der Waals surface area (Å²) in [5.41, 5.74) is 6.26. The van der Waals surface area contributed by atoms with E-state index in [1.165, 1.54) is 22.3 Å². The molecule has 0 spiro atoms. The number of para-hydroxylation sites is 1. The average molecular weight is 605 g/mol. The molecule has 4 rings (SSSR count). The number of halogens is 5. The summed E-state index contributed by atoms with van der Waals surface area (Å²) in [4.78, 5) is 0. The van der Waals surface area contributed by atoms with Crippen molar-refractivity contribution in [1.82, 2.24) is 0 Å². The lowest BCUT2D eigenvalue weighted by molar-refractivity contribution is -0.284. The van der Waals surface area contributed by atoms with Gasteiger partial charge in [-0.15, -0.1) is 0 Å². The van der Waals surface area contributed by atoms with Crippen LogP contribution in [-0.4, -0.2) is 34.8 Å². The Kier molecular flexibility index (Phi) is 11.5. The molecule has 0 amide bonds. The fourth-order valence-corrected chi connectivity index (χ4v) is 6.79. The first-order valence-corrected chi connectivity index (χ1v) is 16.0. The van der Waals surface area contributed by atoms with E-state index >= 15 is 0 Å². The molecule has 2 atom stereocenters. The Labute approximate surface area is 248 Å². The van der Waals surface area contributed by atoms with Gasteiger partial charge in [0.05, 0.1) is 6.61 Å². The predicted octanol–water partition coefficient (Wildman–Crippen LogP) is 9.53. The number of hydrogen-bond acceptors (Lipinski definition) is 2. The van der Waals surface area contributed by atoms with Crippen LogP contribution in [0.4, 0.5) is 22.0 Å². The molecule has 2 unspecified atom stereocenters. The van der Waals surface area contributed by atoms with Crippen LogP contribution in [0.2, 0.25) is 0 Å². The van der Waals surface area contributed by atoms with E-state index in [0.717, 1.165) is 37.0 Å². The maximum atomic E-state index is 13.3. The molecule has 3 aromatic carbocycles. The van der Waals surface area contributed by atoms with E-state index in [-0.39, 0.29) is 17.4 Å². The highest BCUT2D eigenvalue weighted by Gasteiger charge is 2.56. The first-order valence-electron chi connectivity index (χ1n) is 14.5. The predicted molar refractivity (Wildman–Crippen MR) is 160 cm³/mol. The minimum atomic E-state index is -5.58. The average Bonchev–Trinajstić information content (AvgIpc) is 2.97. The number of fused-ring (bicyclic) bond motifs is 1. The van der Waals surface area contributed by atoms with Crippen molar-refractivity contribution in [1.29, 1.82) is 0 Å². The lowest BCUT2D eigenvalue weighted by Gasteiger charge is -2.29. The summed E-state index contributed by atoms with van der Waals surface area (Å²) in [6.45, 7) is 0.482. The zero-order valence-electron chi connectivity index (χ0n) is 23.6. The van der Waals surface area contributed by atoms with Crippen LogP contribution < -0.4 is 4.74 Å². The van der Waals surface area contributed by atoms with E-state index in [2.05, 4.69) is 36.4 Å². The molecule has 1 aliphatic carbocycles. The summed E-state index contributed by atoms with van der Waals surface area (Å²) in [5, 5.41) is 0. The second-order valence-corrected chi connectivity index (χ2v) is 12.4. The standard InChI is InChI=1S/C34H37F5O2S/c35-33(36,34(37,38)39)22-11-25-42(40)24-10-16-28(21-23-41-29-17-5-2-6-18-29)32(27-13-3-1-4-14-27)31-20-9-15-26-12-7-8-19-30(26)31/h1-8,12-14,17-19,28H,9-11,15-16,20-25H2. The zero-order chi connectivity index (χ0) is 30.0. The van der Waals surface area contributed by atoms with E-state index in [9.17, 15) is 26.5 Å². The van der Waals surface area contributed by atoms with Crippen molar-refractivity contribution in [3.63, 3.8) is 0 Å². The van der Waals surface area contributed by atoms with Crippen LogP contribution in [0.5, 0.6) is 5.75 Å². The van der Waals surface area contributed by atoms with Crippen LogP contribution in [0.25, 0.3) is 11.1 Å². The van der Waals surface area contributed by atoms with Gasteiger partial charge in [-0.25, -0.2) is 0 Å². The molecule has 1 aliphatic rings. The maximum absolute atomic E-state index is 13.3. The highest BCUT2D eigenvalue weighted by molar-refractivity contribution is 7.91. The van der Waals surface area contributed by atoms with Crippen molar-refractivity contribution >= 4 is 22.3 Å². The molecule has 0 fully saturated rings. The van der Waals surface area contributed by atoms with Crippen LogP contribution in [0.15, 0.2) is 84.9 Å². The lowest BCUT2D eigenvalue weighted by atomic mass is 9.77. The Morgan fingerprint density at radius 3 is 2.14 bits per heavy atom. The van der Waals surface area contributed by atoms with Gasteiger partial charge in [-0.2, -0.15) is 22.0 Å². The molecule has 3 aromatic rings. The molecule has 0 heterocycles. The molecular formula is C34H37F5O2S. The molecule has 0 aliphatic heterocycles. The highest BCUT2D eigenvalue weighted by Crippen LogP contribution is 2.42. The van der Waals surface area contributed by atoms with Crippen molar-refractivity contribution in [2.45, 2.75) is 63.5 Å². The first-order chi connectivity index (χ1) is 20.2. The summed E-state index contributed by atoms with van der Waals surface area (Å²) >= 11 is -1.48. The quantitative estimate of drug-likeness (QED) is 0.136. The minimum Gasteiger partial charge on any atom is -0.616 e. The molecule has 42 heavy (non-hydrogen) atoms. The zero-order valence-corrected chi connectivity index (χ0v) is 24.4. The summed E-state index contributed by atoms with van der Waals surface area (Å²) in [6, 6.07) is 28.3. The summed E-state index contributed by atoms with van der Waals surface area (Å²) in [6.07, 6.45) is -2.39. The summed E-state index contributed by atoms with van der Waals surface area (Å²) in [5.74, 6) is -3.82. The van der Waals surface area contributed by atoms with Crippen molar-refractivity contribution in [3.8, 4) is 5.75 Å².